The molecule has 0 aromatic carbocycles. The summed E-state index contributed by atoms with van der Waals surface area (Å²) in [4.78, 5) is 0. The second-order valence-corrected chi connectivity index (χ2v) is 4.24. The molecular weight excluding hydrogens is 124 g/mol. The fraction of sp³-hybridized carbons (Fsp3) is 1.00. The molecule has 1 saturated heterocycles. The second-order valence-electron chi connectivity index (χ2n) is 2.03. The van der Waals surface area contributed by atoms with Gasteiger partial charge < -0.3 is 0 Å². The van der Waals surface area contributed by atoms with E-state index in [2.05, 4.69) is 19.6 Å². The van der Waals surface area contributed by atoms with E-state index >= 15 is 0 Å². The average Bonchev–Trinajstić information content (AvgIpc) is 1.87. The molecule has 0 N–H and O–H groups in total. The summed E-state index contributed by atoms with van der Waals surface area (Å²) in [7, 11) is 0. The summed E-state index contributed by atoms with van der Waals surface area (Å²) in [5.74, 6) is 1.25. The SMILES string of the molecule is CC1CC(S)CS1. The van der Waals surface area contributed by atoms with Gasteiger partial charge in [-0.15, -0.1) is 0 Å². The molecule has 0 aromatic heterocycles. The van der Waals surface area contributed by atoms with Crippen LogP contribution in [0.1, 0.15) is 13.3 Å². The maximum atomic E-state index is 4.33. The van der Waals surface area contributed by atoms with Crippen LogP contribution in [0.15, 0.2) is 0 Å². The first kappa shape index (κ1) is 5.83. The van der Waals surface area contributed by atoms with Crippen LogP contribution in [0, 0.1) is 0 Å². The van der Waals surface area contributed by atoms with Crippen molar-refractivity contribution in [1.29, 1.82) is 0 Å². The molecule has 7 heavy (non-hydrogen) atoms. The Morgan fingerprint density at radius 3 is 2.57 bits per heavy atom. The van der Waals surface area contributed by atoms with E-state index in [1.54, 1.807) is 0 Å². The third-order valence-corrected chi connectivity index (χ3v) is 3.17. The van der Waals surface area contributed by atoms with Gasteiger partial charge in [0.15, 0.2) is 0 Å². The van der Waals surface area contributed by atoms with E-state index in [0.717, 1.165) is 5.25 Å². The molecule has 0 aliphatic carbocycles. The Morgan fingerprint density at radius 2 is 2.43 bits per heavy atom. The van der Waals surface area contributed by atoms with Crippen molar-refractivity contribution in [2.45, 2.75) is 23.8 Å². The molecule has 0 amide bonds. The molecule has 0 nitrogen and oxygen atoms in total. The lowest BCUT2D eigenvalue weighted by molar-refractivity contribution is 0.857. The van der Waals surface area contributed by atoms with Gasteiger partial charge in [0.25, 0.3) is 0 Å². The lowest BCUT2D eigenvalue weighted by atomic mass is 10.3. The highest BCUT2D eigenvalue weighted by atomic mass is 32.2. The predicted molar refractivity (Wildman–Crippen MR) is 39.3 cm³/mol. The fourth-order valence-electron chi connectivity index (χ4n) is 0.795. The van der Waals surface area contributed by atoms with Crippen LogP contribution >= 0.6 is 24.4 Å². The van der Waals surface area contributed by atoms with E-state index in [-0.39, 0.29) is 0 Å². The molecule has 0 bridgehead atoms. The summed E-state index contributed by atoms with van der Waals surface area (Å²) < 4.78 is 0. The highest BCUT2D eigenvalue weighted by Crippen LogP contribution is 2.28. The van der Waals surface area contributed by atoms with Crippen LogP contribution in [-0.2, 0) is 0 Å². The predicted octanol–water partition coefficient (Wildman–Crippen LogP) is 1.81. The van der Waals surface area contributed by atoms with Gasteiger partial charge in [0.2, 0.25) is 0 Å². The van der Waals surface area contributed by atoms with Crippen LogP contribution in [0.4, 0.5) is 0 Å². The van der Waals surface area contributed by atoms with Crippen LogP contribution in [0.25, 0.3) is 0 Å². The first-order chi connectivity index (χ1) is 3.29. The molecule has 0 spiro atoms. The van der Waals surface area contributed by atoms with Crippen molar-refractivity contribution in [1.82, 2.24) is 0 Å². The molecule has 2 atom stereocenters. The zero-order valence-corrected chi connectivity index (χ0v) is 6.14. The van der Waals surface area contributed by atoms with E-state index in [1.807, 2.05) is 11.8 Å². The summed E-state index contributed by atoms with van der Waals surface area (Å²) in [6, 6.07) is 0. The van der Waals surface area contributed by atoms with Crippen molar-refractivity contribution in [3.8, 4) is 0 Å². The van der Waals surface area contributed by atoms with Gasteiger partial charge in [-0.1, -0.05) is 6.92 Å². The summed E-state index contributed by atoms with van der Waals surface area (Å²) in [6.07, 6.45) is 1.30. The highest BCUT2D eigenvalue weighted by molar-refractivity contribution is 8.01. The highest BCUT2D eigenvalue weighted by Gasteiger charge is 2.17. The Balaban J connectivity index is 2.26. The Bertz CT molecular complexity index is 55.1. The van der Waals surface area contributed by atoms with E-state index in [0.29, 0.717) is 5.25 Å². The molecule has 1 fully saturated rings. The smallest absolute Gasteiger partial charge is 0.0118 e. The largest absolute Gasteiger partial charge is 0.175 e. The van der Waals surface area contributed by atoms with E-state index in [1.165, 1.54) is 12.2 Å². The number of rotatable bonds is 0. The second kappa shape index (κ2) is 2.31. The van der Waals surface area contributed by atoms with Crippen molar-refractivity contribution in [3.05, 3.63) is 0 Å². The average molecular weight is 134 g/mol. The lowest BCUT2D eigenvalue weighted by Gasteiger charge is -1.94. The van der Waals surface area contributed by atoms with Crippen molar-refractivity contribution >= 4 is 24.4 Å². The first-order valence-electron chi connectivity index (χ1n) is 2.58. The van der Waals surface area contributed by atoms with E-state index in [9.17, 15) is 0 Å². The third kappa shape index (κ3) is 1.57. The number of hydrogen-bond acceptors (Lipinski definition) is 2. The molecule has 2 unspecified atom stereocenters. The minimum atomic E-state index is 0.681. The topological polar surface area (TPSA) is 0 Å². The molecular formula is C5H10S2. The number of thioether (sulfide) groups is 1. The van der Waals surface area contributed by atoms with Gasteiger partial charge in [-0.25, -0.2) is 0 Å². The number of hydrogen-bond donors (Lipinski definition) is 1. The molecule has 1 rings (SSSR count). The molecule has 0 aromatic rings. The molecule has 1 aliphatic heterocycles. The Kier molecular flexibility index (Phi) is 1.93. The van der Waals surface area contributed by atoms with Crippen LogP contribution in [0.5, 0.6) is 0 Å². The fourth-order valence-corrected chi connectivity index (χ4v) is 2.57. The zero-order valence-electron chi connectivity index (χ0n) is 4.42. The Labute approximate surface area is 54.5 Å². The van der Waals surface area contributed by atoms with Crippen molar-refractivity contribution in [2.75, 3.05) is 5.75 Å². The van der Waals surface area contributed by atoms with Crippen LogP contribution < -0.4 is 0 Å². The summed E-state index contributed by atoms with van der Waals surface area (Å²) in [5.41, 5.74) is 0. The standard InChI is InChI=1S/C5H10S2/c1-4-2-5(6)3-7-4/h4-6H,2-3H2,1H3. The lowest BCUT2D eigenvalue weighted by Crippen LogP contribution is -1.94. The molecule has 0 saturated carbocycles. The maximum Gasteiger partial charge on any atom is 0.0118 e. The quantitative estimate of drug-likeness (QED) is 0.493. The minimum Gasteiger partial charge on any atom is -0.175 e. The van der Waals surface area contributed by atoms with Gasteiger partial charge in [0.1, 0.15) is 0 Å². The van der Waals surface area contributed by atoms with Crippen LogP contribution in [-0.4, -0.2) is 16.3 Å². The van der Waals surface area contributed by atoms with Crippen LogP contribution in [0.2, 0.25) is 0 Å². The van der Waals surface area contributed by atoms with Gasteiger partial charge in [0, 0.05) is 16.3 Å². The monoisotopic (exact) mass is 134 g/mol. The van der Waals surface area contributed by atoms with E-state index in [4.69, 9.17) is 0 Å². The first-order valence-corrected chi connectivity index (χ1v) is 4.15. The number of thiol groups is 1. The van der Waals surface area contributed by atoms with E-state index < -0.39 is 0 Å². The Morgan fingerprint density at radius 1 is 1.71 bits per heavy atom. The van der Waals surface area contributed by atoms with Crippen molar-refractivity contribution < 1.29 is 0 Å². The van der Waals surface area contributed by atoms with Crippen molar-refractivity contribution in [3.63, 3.8) is 0 Å². The molecule has 1 aliphatic rings. The van der Waals surface area contributed by atoms with Gasteiger partial charge in [-0.3, -0.25) is 0 Å². The minimum absolute atomic E-state index is 0.681. The van der Waals surface area contributed by atoms with Crippen LogP contribution in [0.3, 0.4) is 0 Å². The summed E-state index contributed by atoms with van der Waals surface area (Å²) in [6.45, 7) is 2.26. The molecule has 42 valence electrons. The normalized spacial score (nSPS) is 42.0. The zero-order chi connectivity index (χ0) is 5.28. The molecule has 0 radical (unpaired) electrons. The van der Waals surface area contributed by atoms with Gasteiger partial charge in [0.05, 0.1) is 0 Å². The molecule has 1 heterocycles. The third-order valence-electron chi connectivity index (χ3n) is 1.18. The van der Waals surface area contributed by atoms with Crippen molar-refractivity contribution in [2.24, 2.45) is 0 Å². The summed E-state index contributed by atoms with van der Waals surface area (Å²) >= 11 is 6.36. The van der Waals surface area contributed by atoms with Gasteiger partial charge >= 0.3 is 0 Å². The molecule has 2 heteroatoms. The van der Waals surface area contributed by atoms with Gasteiger partial charge in [-0.2, -0.15) is 24.4 Å². The Hall–Kier alpha value is 0.700. The summed E-state index contributed by atoms with van der Waals surface area (Å²) in [5, 5.41) is 1.54. The maximum absolute atomic E-state index is 4.33. The van der Waals surface area contributed by atoms with Gasteiger partial charge in [-0.05, 0) is 6.42 Å².